The Labute approximate surface area is 138 Å². The summed E-state index contributed by atoms with van der Waals surface area (Å²) in [5.74, 6) is -1.39. The summed E-state index contributed by atoms with van der Waals surface area (Å²) < 4.78 is 23.5. The van der Waals surface area contributed by atoms with Gasteiger partial charge < -0.3 is 9.47 Å². The van der Waals surface area contributed by atoms with Gasteiger partial charge in [0.2, 0.25) is 0 Å². The lowest BCUT2D eigenvalue weighted by Gasteiger charge is -2.11. The molecule has 0 aliphatic heterocycles. The number of carbonyl (C=O) groups is 2. The summed E-state index contributed by atoms with van der Waals surface area (Å²) in [6.45, 7) is 1.39. The third kappa shape index (κ3) is 4.45. The Bertz CT molecular complexity index is 749. The van der Waals surface area contributed by atoms with Gasteiger partial charge in [0.15, 0.2) is 18.2 Å². The second-order valence-electron chi connectivity index (χ2n) is 4.93. The van der Waals surface area contributed by atoms with E-state index >= 15 is 0 Å². The molecule has 0 saturated carbocycles. The highest BCUT2D eigenvalue weighted by Crippen LogP contribution is 2.19. The van der Waals surface area contributed by atoms with E-state index in [1.165, 1.54) is 25.3 Å². The van der Waals surface area contributed by atoms with Gasteiger partial charge in [-0.15, -0.1) is 0 Å². The van der Waals surface area contributed by atoms with Gasteiger partial charge in [-0.05, 0) is 31.2 Å². The van der Waals surface area contributed by atoms with Gasteiger partial charge in [0.05, 0.1) is 12.7 Å². The van der Waals surface area contributed by atoms with Crippen molar-refractivity contribution < 1.29 is 23.5 Å². The van der Waals surface area contributed by atoms with E-state index in [0.29, 0.717) is 5.75 Å². The molecule has 0 atom stereocenters. The number of benzene rings is 2. The second-order valence-corrected chi connectivity index (χ2v) is 4.93. The van der Waals surface area contributed by atoms with E-state index in [0.717, 1.165) is 5.56 Å². The lowest BCUT2D eigenvalue weighted by atomic mass is 10.1. The number of halogens is 1. The van der Waals surface area contributed by atoms with Crippen LogP contribution >= 0.6 is 0 Å². The summed E-state index contributed by atoms with van der Waals surface area (Å²) in [5.41, 5.74) is 5.61. The molecule has 0 heterocycles. The zero-order valence-corrected chi connectivity index (χ0v) is 13.3. The number of rotatable bonds is 5. The average molecular weight is 332 g/mol. The molecule has 0 aliphatic rings. The van der Waals surface area contributed by atoms with E-state index in [1.54, 1.807) is 24.3 Å². The molecule has 0 fully saturated rings. The van der Waals surface area contributed by atoms with E-state index < -0.39 is 24.2 Å². The van der Waals surface area contributed by atoms with Crippen LogP contribution in [0, 0.1) is 12.7 Å². The van der Waals surface area contributed by atoms with Crippen LogP contribution in [0.5, 0.6) is 11.5 Å². The van der Waals surface area contributed by atoms with Crippen molar-refractivity contribution in [3.8, 4) is 11.5 Å². The van der Waals surface area contributed by atoms with Crippen LogP contribution in [0.2, 0.25) is 0 Å². The van der Waals surface area contributed by atoms with Crippen LogP contribution in [0.1, 0.15) is 15.9 Å². The average Bonchev–Trinajstić information content (AvgIpc) is 2.59. The molecule has 0 aromatic heterocycles. The van der Waals surface area contributed by atoms with Crippen LogP contribution in [0.4, 0.5) is 4.39 Å². The highest BCUT2D eigenvalue weighted by Gasteiger charge is 2.13. The van der Waals surface area contributed by atoms with Crippen molar-refractivity contribution in [2.75, 3.05) is 13.7 Å². The fourth-order valence-corrected chi connectivity index (χ4v) is 1.93. The van der Waals surface area contributed by atoms with Crippen LogP contribution in [0.3, 0.4) is 0 Å². The molecule has 0 bridgehead atoms. The fourth-order valence-electron chi connectivity index (χ4n) is 1.93. The summed E-state index contributed by atoms with van der Waals surface area (Å²) >= 11 is 0. The number of hydrogen-bond donors (Lipinski definition) is 2. The summed E-state index contributed by atoms with van der Waals surface area (Å²) in [5, 5.41) is 0. The minimum absolute atomic E-state index is 0.0423. The van der Waals surface area contributed by atoms with E-state index in [-0.39, 0.29) is 11.3 Å². The number of aryl methyl sites for hydroxylation is 1. The van der Waals surface area contributed by atoms with Crippen LogP contribution in [0.15, 0.2) is 42.5 Å². The molecule has 126 valence electrons. The zero-order chi connectivity index (χ0) is 17.5. The molecule has 2 amide bonds. The van der Waals surface area contributed by atoms with Gasteiger partial charge >= 0.3 is 0 Å². The second kappa shape index (κ2) is 7.96. The van der Waals surface area contributed by atoms with E-state index in [2.05, 4.69) is 10.9 Å². The topological polar surface area (TPSA) is 76.7 Å². The lowest BCUT2D eigenvalue weighted by molar-refractivity contribution is -0.123. The largest absolute Gasteiger partial charge is 0.496 e. The molecule has 2 N–H and O–H groups in total. The van der Waals surface area contributed by atoms with Gasteiger partial charge in [0.1, 0.15) is 5.75 Å². The molecule has 24 heavy (non-hydrogen) atoms. The molecule has 2 aromatic carbocycles. The first kappa shape index (κ1) is 17.3. The van der Waals surface area contributed by atoms with Gasteiger partial charge in [0.25, 0.3) is 11.8 Å². The number of carbonyl (C=O) groups excluding carboxylic acids is 2. The molecule has 6 nitrogen and oxygen atoms in total. The Morgan fingerprint density at radius 2 is 1.83 bits per heavy atom. The van der Waals surface area contributed by atoms with E-state index in [4.69, 9.17) is 9.47 Å². The predicted octanol–water partition coefficient (Wildman–Crippen LogP) is 1.98. The maximum Gasteiger partial charge on any atom is 0.276 e. The van der Waals surface area contributed by atoms with Crippen molar-refractivity contribution >= 4 is 11.8 Å². The number of hydrogen-bond acceptors (Lipinski definition) is 4. The Hall–Kier alpha value is -3.09. The number of para-hydroxylation sites is 1. The predicted molar refractivity (Wildman–Crippen MR) is 85.2 cm³/mol. The Morgan fingerprint density at radius 1 is 1.08 bits per heavy atom. The molecule has 0 aliphatic carbocycles. The molecular formula is C17H17FN2O4. The zero-order valence-electron chi connectivity index (χ0n) is 13.3. The summed E-state index contributed by atoms with van der Waals surface area (Å²) in [6.07, 6.45) is 0. The van der Waals surface area contributed by atoms with Crippen LogP contribution < -0.4 is 20.3 Å². The third-order valence-electron chi connectivity index (χ3n) is 3.11. The molecule has 2 aromatic rings. The van der Waals surface area contributed by atoms with Gasteiger partial charge in [-0.25, -0.2) is 4.39 Å². The van der Waals surface area contributed by atoms with Crippen molar-refractivity contribution in [1.82, 2.24) is 10.9 Å². The Morgan fingerprint density at radius 3 is 2.54 bits per heavy atom. The maximum atomic E-state index is 13.4. The number of nitrogens with one attached hydrogen (secondary N) is 2. The highest BCUT2D eigenvalue weighted by atomic mass is 19.1. The smallest absolute Gasteiger partial charge is 0.276 e. The Balaban J connectivity index is 1.89. The van der Waals surface area contributed by atoms with E-state index in [9.17, 15) is 14.0 Å². The standard InChI is InChI=1S/C17H17FN2O4/c1-11-7-8-14(23-2)12(9-11)17(22)20-19-16(21)10-24-15-6-4-3-5-13(15)18/h3-9H,10H2,1-2H3,(H,19,21)(H,20,22). The molecule has 0 saturated heterocycles. The minimum Gasteiger partial charge on any atom is -0.496 e. The quantitative estimate of drug-likeness (QED) is 0.821. The summed E-state index contributed by atoms with van der Waals surface area (Å²) in [7, 11) is 1.45. The number of hydrazine groups is 1. The highest BCUT2D eigenvalue weighted by molar-refractivity contribution is 5.98. The van der Waals surface area contributed by atoms with Crippen LogP contribution in [0.25, 0.3) is 0 Å². The van der Waals surface area contributed by atoms with Gasteiger partial charge in [0, 0.05) is 0 Å². The first-order valence-corrected chi connectivity index (χ1v) is 7.12. The third-order valence-corrected chi connectivity index (χ3v) is 3.11. The molecule has 2 rings (SSSR count). The normalized spacial score (nSPS) is 9.96. The fraction of sp³-hybridized carbons (Fsp3) is 0.176. The number of ether oxygens (including phenoxy) is 2. The molecular weight excluding hydrogens is 315 g/mol. The van der Waals surface area contributed by atoms with Crippen molar-refractivity contribution in [2.45, 2.75) is 6.92 Å². The van der Waals surface area contributed by atoms with Crippen molar-refractivity contribution in [1.29, 1.82) is 0 Å². The number of methoxy groups -OCH3 is 1. The summed E-state index contributed by atoms with van der Waals surface area (Å²) in [4.78, 5) is 23.8. The molecule has 0 radical (unpaired) electrons. The van der Waals surface area contributed by atoms with Crippen LogP contribution in [-0.2, 0) is 4.79 Å². The van der Waals surface area contributed by atoms with Crippen molar-refractivity contribution in [3.63, 3.8) is 0 Å². The minimum atomic E-state index is -0.627. The van der Waals surface area contributed by atoms with Gasteiger partial charge in [-0.3, -0.25) is 20.4 Å². The molecule has 7 heteroatoms. The lowest BCUT2D eigenvalue weighted by Crippen LogP contribution is -2.44. The monoisotopic (exact) mass is 332 g/mol. The molecule has 0 unspecified atom stereocenters. The van der Waals surface area contributed by atoms with E-state index in [1.807, 2.05) is 6.92 Å². The maximum absolute atomic E-state index is 13.4. The summed E-state index contributed by atoms with van der Waals surface area (Å²) in [6, 6.07) is 10.8. The first-order valence-electron chi connectivity index (χ1n) is 7.12. The van der Waals surface area contributed by atoms with Crippen LogP contribution in [-0.4, -0.2) is 25.5 Å². The van der Waals surface area contributed by atoms with Gasteiger partial charge in [-0.1, -0.05) is 23.8 Å². The Kier molecular flexibility index (Phi) is 5.73. The van der Waals surface area contributed by atoms with Crippen molar-refractivity contribution in [2.24, 2.45) is 0 Å². The molecule has 0 spiro atoms. The number of amides is 2. The SMILES string of the molecule is COc1ccc(C)cc1C(=O)NNC(=O)COc1ccccc1F. The van der Waals surface area contributed by atoms with Gasteiger partial charge in [-0.2, -0.15) is 0 Å². The first-order chi connectivity index (χ1) is 11.5. The van der Waals surface area contributed by atoms with Crippen molar-refractivity contribution in [3.05, 3.63) is 59.4 Å².